The minimum atomic E-state index is 0. The van der Waals surface area contributed by atoms with Gasteiger partial charge in [-0.1, -0.05) is 100 Å². The van der Waals surface area contributed by atoms with Gasteiger partial charge in [-0.25, -0.2) is 0 Å². The van der Waals surface area contributed by atoms with E-state index in [1.165, 1.54) is 83.1 Å². The summed E-state index contributed by atoms with van der Waals surface area (Å²) in [6, 6.07) is 44.4. The molecular formula is C44H44Cl2OZr-2. The molecule has 0 saturated carbocycles. The number of hydrogen-bond acceptors (Lipinski definition) is 1. The molecule has 1 heterocycles. The van der Waals surface area contributed by atoms with Crippen molar-refractivity contribution >= 4 is 3.21 Å². The Morgan fingerprint density at radius 1 is 0.708 bits per heavy atom. The van der Waals surface area contributed by atoms with Crippen molar-refractivity contribution in [1.29, 1.82) is 0 Å². The van der Waals surface area contributed by atoms with Crippen molar-refractivity contribution in [2.75, 3.05) is 0 Å². The average Bonchev–Trinajstić information content (AvgIpc) is 3.81. The van der Waals surface area contributed by atoms with E-state index in [1.54, 1.807) is 12.5 Å². The molecule has 1 aliphatic carbocycles. The molecule has 1 nitrogen and oxygen atoms in total. The van der Waals surface area contributed by atoms with Crippen LogP contribution >= 0.6 is 0 Å². The van der Waals surface area contributed by atoms with Crippen molar-refractivity contribution in [3.8, 4) is 22.3 Å². The van der Waals surface area contributed by atoms with Crippen LogP contribution in [0.5, 0.6) is 0 Å². The zero-order valence-corrected chi connectivity index (χ0v) is 33.0. The van der Waals surface area contributed by atoms with Crippen LogP contribution in [0.2, 0.25) is 0 Å². The Bertz CT molecular complexity index is 1780. The van der Waals surface area contributed by atoms with Gasteiger partial charge in [0.25, 0.3) is 0 Å². The van der Waals surface area contributed by atoms with Gasteiger partial charge in [0.15, 0.2) is 0 Å². The number of halogens is 2. The van der Waals surface area contributed by atoms with Crippen LogP contribution < -0.4 is 24.8 Å². The number of rotatable bonds is 3. The van der Waals surface area contributed by atoms with Gasteiger partial charge < -0.3 is 29.2 Å². The van der Waals surface area contributed by atoms with Gasteiger partial charge in [0.05, 0.1) is 0 Å². The number of hydrogen-bond donors (Lipinski definition) is 0. The fourth-order valence-corrected chi connectivity index (χ4v) is 6.43. The van der Waals surface area contributed by atoms with Gasteiger partial charge in [0.2, 0.25) is 0 Å². The summed E-state index contributed by atoms with van der Waals surface area (Å²) in [6.45, 7) is 15.7. The van der Waals surface area contributed by atoms with E-state index in [9.17, 15) is 0 Å². The third kappa shape index (κ3) is 9.72. The van der Waals surface area contributed by atoms with Crippen LogP contribution in [0, 0.1) is 13.0 Å². The van der Waals surface area contributed by atoms with Crippen molar-refractivity contribution in [3.05, 3.63) is 173 Å². The Hall–Kier alpha value is -3.16. The van der Waals surface area contributed by atoms with E-state index in [1.807, 2.05) is 6.07 Å². The quantitative estimate of drug-likeness (QED) is 0.220. The molecule has 6 aromatic rings. The molecule has 0 unspecified atom stereocenters. The molecule has 7 rings (SSSR count). The van der Waals surface area contributed by atoms with Gasteiger partial charge in [-0.2, -0.15) is 35.4 Å². The van der Waals surface area contributed by atoms with Crippen molar-refractivity contribution in [2.45, 2.75) is 65.7 Å². The second kappa shape index (κ2) is 17.0. The molecular weight excluding hydrogens is 707 g/mol. The Morgan fingerprint density at radius 3 is 1.79 bits per heavy atom. The van der Waals surface area contributed by atoms with Crippen LogP contribution in [0.15, 0.2) is 132 Å². The Labute approximate surface area is 315 Å². The molecule has 48 heavy (non-hydrogen) atoms. The summed E-state index contributed by atoms with van der Waals surface area (Å²) in [5.41, 5.74) is 15.1. The van der Waals surface area contributed by atoms with E-state index in [2.05, 4.69) is 164 Å². The summed E-state index contributed by atoms with van der Waals surface area (Å²) in [6.07, 6.45) is 4.49. The summed E-state index contributed by atoms with van der Waals surface area (Å²) in [5, 5.41) is 0. The Morgan fingerprint density at radius 2 is 1.29 bits per heavy atom. The van der Waals surface area contributed by atoms with Crippen LogP contribution in [0.1, 0.15) is 80.5 Å². The zero-order valence-electron chi connectivity index (χ0n) is 29.0. The van der Waals surface area contributed by atoms with Crippen LogP contribution in [0.25, 0.3) is 22.3 Å². The maximum atomic E-state index is 4.99. The van der Waals surface area contributed by atoms with Gasteiger partial charge >= 0.3 is 99.2 Å². The molecule has 0 atom stereocenters. The molecule has 246 valence electrons. The van der Waals surface area contributed by atoms with Crippen LogP contribution in [-0.2, 0) is 41.5 Å². The molecule has 0 spiro atoms. The summed E-state index contributed by atoms with van der Waals surface area (Å²) >= 11 is 1.46. The van der Waals surface area contributed by atoms with E-state index >= 15 is 0 Å². The van der Waals surface area contributed by atoms with E-state index in [0.717, 1.165) is 12.0 Å². The molecule has 0 N–H and O–H groups in total. The van der Waals surface area contributed by atoms with Crippen molar-refractivity contribution < 1.29 is 53.5 Å². The van der Waals surface area contributed by atoms with Gasteiger partial charge in [0.1, 0.15) is 0 Å². The molecule has 0 amide bonds. The predicted molar refractivity (Wildman–Crippen MR) is 191 cm³/mol. The van der Waals surface area contributed by atoms with Crippen molar-refractivity contribution in [1.82, 2.24) is 0 Å². The third-order valence-corrected chi connectivity index (χ3v) is 9.94. The first-order valence-corrected chi connectivity index (χ1v) is 17.3. The summed E-state index contributed by atoms with van der Waals surface area (Å²) in [7, 11) is 0. The molecule has 0 radical (unpaired) electrons. The van der Waals surface area contributed by atoms with E-state index in [-0.39, 0.29) is 35.6 Å². The van der Waals surface area contributed by atoms with Crippen LogP contribution in [-0.4, -0.2) is 3.21 Å². The second-order valence-corrected chi connectivity index (χ2v) is 15.3. The molecule has 0 saturated heterocycles. The molecule has 0 aliphatic heterocycles. The van der Waals surface area contributed by atoms with E-state index in [4.69, 9.17) is 4.42 Å². The van der Waals surface area contributed by atoms with Crippen LogP contribution in [0.3, 0.4) is 0 Å². The van der Waals surface area contributed by atoms with Crippen LogP contribution in [0.4, 0.5) is 0 Å². The molecule has 4 heteroatoms. The second-order valence-electron chi connectivity index (χ2n) is 14.1. The first-order valence-electron chi connectivity index (χ1n) is 16.0. The third-order valence-electron chi connectivity index (χ3n) is 8.52. The SMILES string of the molecule is CC(C)(C)c1c[c-]c2c(c1)-c1cc(C(C)(C)C)ccc1C2.Cc1ccc[c-]1-c1ccoc1.[Cl-].[Cl-].[Zr+2]=[C](c1ccccc1)c1ccccc1. The van der Waals surface area contributed by atoms with Gasteiger partial charge in [-0.05, 0) is 17.4 Å². The van der Waals surface area contributed by atoms with Crippen molar-refractivity contribution in [2.24, 2.45) is 0 Å². The van der Waals surface area contributed by atoms with Gasteiger partial charge in [-0.3, -0.25) is 0 Å². The fraction of sp³-hybridized carbons (Fsp3) is 0.227. The van der Waals surface area contributed by atoms with Gasteiger partial charge in [-0.15, -0.1) is 23.3 Å². The normalized spacial score (nSPS) is 11.4. The topological polar surface area (TPSA) is 13.1 Å². The van der Waals surface area contributed by atoms with E-state index < -0.39 is 0 Å². The average molecular weight is 751 g/mol. The fourth-order valence-electron chi connectivity index (χ4n) is 5.61. The zero-order chi connectivity index (χ0) is 32.9. The summed E-state index contributed by atoms with van der Waals surface area (Å²) in [4.78, 5) is 0. The molecule has 0 fully saturated rings. The number of furan rings is 1. The van der Waals surface area contributed by atoms with Gasteiger partial charge in [0, 0.05) is 12.5 Å². The summed E-state index contributed by atoms with van der Waals surface area (Å²) in [5.74, 6) is 0. The first-order chi connectivity index (χ1) is 21.9. The maximum absolute atomic E-state index is 4.99. The predicted octanol–water partition coefficient (Wildman–Crippen LogP) is 5.44. The van der Waals surface area contributed by atoms with E-state index in [0.29, 0.717) is 0 Å². The molecule has 0 bridgehead atoms. The monoisotopic (exact) mass is 748 g/mol. The molecule has 5 aromatic carbocycles. The number of fused-ring (bicyclic) bond motifs is 3. The Balaban J connectivity index is 0.000000202. The first kappa shape index (κ1) is 39.3. The summed E-state index contributed by atoms with van der Waals surface area (Å²) < 4.78 is 6.41. The molecule has 1 aromatic heterocycles. The molecule has 1 aliphatic rings. The minimum absolute atomic E-state index is 0. The Kier molecular flexibility index (Phi) is 13.9. The van der Waals surface area contributed by atoms with Crippen molar-refractivity contribution in [3.63, 3.8) is 0 Å². The standard InChI is InChI=1S/C21H25.C13H10.C10H9O.2ClH.Zr/c1-20(2,3)16-9-7-14-11-15-8-10-17(21(4,5)6)13-19(15)18(14)12-16;1-3-7-12(8-4-1)11-13-9-5-2-6-10-13;1-8-3-2-4-10(8)9-5-6-11-7-9;;;/h7,9-10,12-13H,11H2,1-6H3;1-10H;2-7H,1H3;2*1H;/q-1;;-1;;;+2/p-2. The number of aryl methyl sites for hydroxylation is 1. The number of benzene rings is 4.